The van der Waals surface area contributed by atoms with Crippen molar-refractivity contribution in [2.24, 2.45) is 0 Å². The van der Waals surface area contributed by atoms with Gasteiger partial charge >= 0.3 is 0 Å². The van der Waals surface area contributed by atoms with Crippen molar-refractivity contribution in [2.45, 2.75) is 46.3 Å². The quantitative estimate of drug-likeness (QED) is 0.800. The Morgan fingerprint density at radius 2 is 2.05 bits per heavy atom. The predicted molar refractivity (Wildman–Crippen MR) is 85.6 cm³/mol. The molecule has 0 aliphatic carbocycles. The lowest BCUT2D eigenvalue weighted by Gasteiger charge is -2.29. The average Bonchev–Trinajstić information content (AvgIpc) is 2.40. The van der Waals surface area contributed by atoms with E-state index >= 15 is 0 Å². The average molecular weight is 300 g/mol. The molecule has 0 bridgehead atoms. The fourth-order valence-electron chi connectivity index (χ4n) is 2.09. The van der Waals surface area contributed by atoms with Crippen LogP contribution in [0.5, 0.6) is 0 Å². The molecule has 114 valence electrons. The van der Waals surface area contributed by atoms with Gasteiger partial charge in [0, 0.05) is 26.2 Å². The van der Waals surface area contributed by atoms with Crippen LogP contribution in [0, 0.1) is 0 Å². The van der Waals surface area contributed by atoms with E-state index < -0.39 is 0 Å². The fourth-order valence-corrected chi connectivity index (χ4v) is 2.26. The number of nitrogens with one attached hydrogen (secondary N) is 1. The van der Waals surface area contributed by atoms with Crippen LogP contribution in [0.15, 0.2) is 12.1 Å². The maximum Gasteiger partial charge on any atom is 0.129 e. The van der Waals surface area contributed by atoms with Crippen molar-refractivity contribution in [3.05, 3.63) is 22.8 Å². The number of nitrogens with zero attached hydrogens (tertiary/aromatic N) is 2. The highest BCUT2D eigenvalue weighted by atomic mass is 35.5. The number of methoxy groups -OCH3 is 1. The summed E-state index contributed by atoms with van der Waals surface area (Å²) in [6, 6.07) is 4.58. The van der Waals surface area contributed by atoms with Gasteiger partial charge in [-0.1, -0.05) is 25.4 Å². The van der Waals surface area contributed by atoms with Crippen LogP contribution in [-0.4, -0.2) is 37.3 Å². The molecule has 1 aromatic heterocycles. The van der Waals surface area contributed by atoms with Gasteiger partial charge < -0.3 is 15.0 Å². The second-order valence-corrected chi connectivity index (χ2v) is 5.63. The molecule has 1 aromatic rings. The van der Waals surface area contributed by atoms with E-state index in [0.717, 1.165) is 18.1 Å². The number of hydrogen-bond donors (Lipinski definition) is 1. The number of pyridine rings is 1. The molecule has 1 unspecified atom stereocenters. The Morgan fingerprint density at radius 3 is 2.60 bits per heavy atom. The Kier molecular flexibility index (Phi) is 7.27. The lowest BCUT2D eigenvalue weighted by Crippen LogP contribution is -2.37. The first-order valence-corrected chi connectivity index (χ1v) is 7.51. The Hall–Kier alpha value is -0.840. The van der Waals surface area contributed by atoms with Crippen molar-refractivity contribution in [3.63, 3.8) is 0 Å². The van der Waals surface area contributed by atoms with Crippen LogP contribution in [0.4, 0.5) is 5.82 Å². The molecule has 1 N–H and O–H groups in total. The van der Waals surface area contributed by atoms with Gasteiger partial charge in [0.2, 0.25) is 0 Å². The number of aromatic nitrogens is 1. The van der Waals surface area contributed by atoms with Gasteiger partial charge in [-0.05, 0) is 26.0 Å². The zero-order chi connectivity index (χ0) is 15.1. The van der Waals surface area contributed by atoms with Crippen LogP contribution in [0.1, 0.15) is 33.4 Å². The first-order valence-electron chi connectivity index (χ1n) is 7.14. The minimum atomic E-state index is 0.282. The minimum absolute atomic E-state index is 0.282. The topological polar surface area (TPSA) is 37.4 Å². The van der Waals surface area contributed by atoms with Gasteiger partial charge in [-0.3, -0.25) is 0 Å². The summed E-state index contributed by atoms with van der Waals surface area (Å²) in [5.41, 5.74) is 0.890. The lowest BCUT2D eigenvalue weighted by molar-refractivity contribution is 0.181. The molecule has 4 nitrogen and oxygen atoms in total. The highest BCUT2D eigenvalue weighted by molar-refractivity contribution is 6.31. The maximum atomic E-state index is 6.22. The SMILES string of the molecule is CCN(c1ccc(Cl)c(CNC(C)C)n1)C(C)COC. The Balaban J connectivity index is 2.91. The third-order valence-corrected chi connectivity index (χ3v) is 3.50. The normalized spacial score (nSPS) is 12.8. The summed E-state index contributed by atoms with van der Waals surface area (Å²) in [6.45, 7) is 10.7. The first-order chi connectivity index (χ1) is 9.49. The van der Waals surface area contributed by atoms with Gasteiger partial charge in [0.15, 0.2) is 0 Å². The van der Waals surface area contributed by atoms with Crippen molar-refractivity contribution < 1.29 is 4.74 Å². The number of anilines is 1. The van der Waals surface area contributed by atoms with Crippen molar-refractivity contribution >= 4 is 17.4 Å². The highest BCUT2D eigenvalue weighted by Crippen LogP contribution is 2.21. The molecule has 0 amide bonds. The summed E-state index contributed by atoms with van der Waals surface area (Å²) >= 11 is 6.22. The smallest absolute Gasteiger partial charge is 0.129 e. The Bertz CT molecular complexity index is 412. The molecule has 0 fully saturated rings. The molecular weight excluding hydrogens is 274 g/mol. The van der Waals surface area contributed by atoms with Crippen molar-refractivity contribution in [2.75, 3.05) is 25.2 Å². The molecule has 0 aromatic carbocycles. The van der Waals surface area contributed by atoms with Crippen LogP contribution in [-0.2, 0) is 11.3 Å². The molecule has 0 aliphatic heterocycles. The van der Waals surface area contributed by atoms with Crippen LogP contribution >= 0.6 is 11.6 Å². The molecule has 1 atom stereocenters. The second kappa shape index (κ2) is 8.45. The fraction of sp³-hybridized carbons (Fsp3) is 0.667. The van der Waals surface area contributed by atoms with Crippen molar-refractivity contribution in [1.29, 1.82) is 0 Å². The van der Waals surface area contributed by atoms with Gasteiger partial charge in [-0.25, -0.2) is 4.98 Å². The van der Waals surface area contributed by atoms with E-state index in [1.165, 1.54) is 0 Å². The van der Waals surface area contributed by atoms with E-state index in [0.29, 0.717) is 24.2 Å². The maximum absolute atomic E-state index is 6.22. The second-order valence-electron chi connectivity index (χ2n) is 5.22. The summed E-state index contributed by atoms with van der Waals surface area (Å²) in [5, 5.41) is 4.06. The zero-order valence-electron chi connectivity index (χ0n) is 13.1. The van der Waals surface area contributed by atoms with Crippen molar-refractivity contribution in [1.82, 2.24) is 10.3 Å². The van der Waals surface area contributed by atoms with Crippen LogP contribution in [0.25, 0.3) is 0 Å². The zero-order valence-corrected chi connectivity index (χ0v) is 13.9. The summed E-state index contributed by atoms with van der Waals surface area (Å²) in [6.07, 6.45) is 0. The Labute approximate surface area is 127 Å². The number of ether oxygens (including phenoxy) is 1. The van der Waals surface area contributed by atoms with Crippen LogP contribution < -0.4 is 10.2 Å². The van der Waals surface area contributed by atoms with E-state index in [-0.39, 0.29) is 6.04 Å². The molecular formula is C15H26ClN3O. The van der Waals surface area contributed by atoms with Gasteiger partial charge in [-0.15, -0.1) is 0 Å². The monoisotopic (exact) mass is 299 g/mol. The molecule has 0 aliphatic rings. The third-order valence-electron chi connectivity index (χ3n) is 3.16. The number of likely N-dealkylation sites (N-methyl/N-ethyl adjacent to an activating group) is 1. The van der Waals surface area contributed by atoms with E-state index in [9.17, 15) is 0 Å². The summed E-state index contributed by atoms with van der Waals surface area (Å²) < 4.78 is 5.23. The van der Waals surface area contributed by atoms with E-state index in [1.54, 1.807) is 7.11 Å². The minimum Gasteiger partial charge on any atom is -0.383 e. The predicted octanol–water partition coefficient (Wildman–Crippen LogP) is 3.09. The summed E-state index contributed by atoms with van der Waals surface area (Å²) in [5.74, 6) is 0.946. The highest BCUT2D eigenvalue weighted by Gasteiger charge is 2.15. The van der Waals surface area contributed by atoms with Crippen molar-refractivity contribution in [3.8, 4) is 0 Å². The number of rotatable bonds is 8. The molecule has 0 saturated heterocycles. The molecule has 0 saturated carbocycles. The largest absolute Gasteiger partial charge is 0.383 e. The van der Waals surface area contributed by atoms with Gasteiger partial charge in [0.1, 0.15) is 5.82 Å². The molecule has 1 heterocycles. The molecule has 0 spiro atoms. The third kappa shape index (κ3) is 4.93. The lowest BCUT2D eigenvalue weighted by atomic mass is 10.2. The summed E-state index contributed by atoms with van der Waals surface area (Å²) in [7, 11) is 1.72. The molecule has 0 radical (unpaired) electrons. The van der Waals surface area contributed by atoms with Gasteiger partial charge in [0.05, 0.1) is 23.4 Å². The molecule has 5 heteroatoms. The summed E-state index contributed by atoms with van der Waals surface area (Å²) in [4.78, 5) is 6.92. The molecule has 20 heavy (non-hydrogen) atoms. The van der Waals surface area contributed by atoms with Gasteiger partial charge in [0.25, 0.3) is 0 Å². The number of halogens is 1. The van der Waals surface area contributed by atoms with Gasteiger partial charge in [-0.2, -0.15) is 0 Å². The standard InChI is InChI=1S/C15H26ClN3O/c1-6-19(12(4)10-20-5)15-8-7-13(16)14(18-15)9-17-11(2)3/h7-8,11-12,17H,6,9-10H2,1-5H3. The van der Waals surface area contributed by atoms with E-state index in [4.69, 9.17) is 21.3 Å². The molecule has 1 rings (SSSR count). The van der Waals surface area contributed by atoms with Crippen LogP contribution in [0.3, 0.4) is 0 Å². The first kappa shape index (κ1) is 17.2. The van der Waals surface area contributed by atoms with E-state index in [2.05, 4.69) is 37.9 Å². The Morgan fingerprint density at radius 1 is 1.35 bits per heavy atom. The van der Waals surface area contributed by atoms with Crippen LogP contribution in [0.2, 0.25) is 5.02 Å². The van der Waals surface area contributed by atoms with E-state index in [1.807, 2.05) is 12.1 Å². The number of hydrogen-bond acceptors (Lipinski definition) is 4.